The Morgan fingerprint density at radius 3 is 2.68 bits per heavy atom. The molecule has 0 saturated heterocycles. The Labute approximate surface area is 198 Å². The van der Waals surface area contributed by atoms with E-state index in [1.807, 2.05) is 25.1 Å². The summed E-state index contributed by atoms with van der Waals surface area (Å²) < 4.78 is 14.9. The summed E-state index contributed by atoms with van der Waals surface area (Å²) in [6.07, 6.45) is 5.00. The lowest BCUT2D eigenvalue weighted by Crippen LogP contribution is -2.26. The van der Waals surface area contributed by atoms with Gasteiger partial charge in [0.2, 0.25) is 0 Å². The van der Waals surface area contributed by atoms with Crippen LogP contribution in [-0.4, -0.2) is 36.4 Å². The summed E-state index contributed by atoms with van der Waals surface area (Å²) >= 11 is 5.89. The zero-order valence-corrected chi connectivity index (χ0v) is 18.8. The van der Waals surface area contributed by atoms with E-state index in [0.717, 1.165) is 27.9 Å². The molecule has 0 spiro atoms. The minimum atomic E-state index is -0.698. The summed E-state index contributed by atoms with van der Waals surface area (Å²) in [7, 11) is 0. The van der Waals surface area contributed by atoms with Gasteiger partial charge in [-0.05, 0) is 54.4 Å². The zero-order chi connectivity index (χ0) is 23.8. The van der Waals surface area contributed by atoms with Crippen molar-refractivity contribution in [1.29, 1.82) is 0 Å². The first-order valence-electron chi connectivity index (χ1n) is 10.5. The molecule has 0 unspecified atom stereocenters. The van der Waals surface area contributed by atoms with Crippen LogP contribution in [-0.2, 0) is 0 Å². The van der Waals surface area contributed by atoms with Gasteiger partial charge in [-0.25, -0.2) is 9.37 Å². The number of rotatable bonds is 5. The molecule has 9 heteroatoms. The molecular formula is C25H19ClFN5O2. The Bertz CT molecular complexity index is 1580. The smallest absolute Gasteiger partial charge is 0.251 e. The molecular weight excluding hydrogens is 457 g/mol. The number of nitrogens with zero attached hydrogens (tertiary/aromatic N) is 4. The molecule has 4 aromatic heterocycles. The van der Waals surface area contributed by atoms with E-state index in [2.05, 4.69) is 20.2 Å². The third kappa shape index (κ3) is 3.98. The van der Waals surface area contributed by atoms with Gasteiger partial charge in [0.15, 0.2) is 5.65 Å². The first-order chi connectivity index (χ1) is 16.4. The molecule has 1 atom stereocenters. The summed E-state index contributed by atoms with van der Waals surface area (Å²) in [5.41, 5.74) is 4.79. The molecule has 0 aliphatic heterocycles. The normalized spacial score (nSPS) is 12.2. The fraction of sp³-hybridized carbons (Fsp3) is 0.120. The van der Waals surface area contributed by atoms with Crippen molar-refractivity contribution in [3.63, 3.8) is 0 Å². The van der Waals surface area contributed by atoms with E-state index in [0.29, 0.717) is 16.8 Å². The minimum Gasteiger partial charge on any atom is -0.394 e. The largest absolute Gasteiger partial charge is 0.394 e. The number of nitrogens with one attached hydrogen (secondary N) is 1. The molecule has 7 nitrogen and oxygen atoms in total. The van der Waals surface area contributed by atoms with Crippen molar-refractivity contribution in [2.24, 2.45) is 0 Å². The van der Waals surface area contributed by atoms with Crippen molar-refractivity contribution in [2.45, 2.75) is 13.0 Å². The van der Waals surface area contributed by atoms with Crippen LogP contribution in [0.15, 0.2) is 71.9 Å². The average molecular weight is 476 g/mol. The molecule has 0 amide bonds. The summed E-state index contributed by atoms with van der Waals surface area (Å²) in [6.45, 7) is 1.56. The topological polar surface area (TPSA) is 96.7 Å². The van der Waals surface area contributed by atoms with Gasteiger partial charge in [-0.15, -0.1) is 0 Å². The fourth-order valence-corrected chi connectivity index (χ4v) is 4.16. The minimum absolute atomic E-state index is 0.0692. The van der Waals surface area contributed by atoms with E-state index in [1.165, 1.54) is 28.8 Å². The van der Waals surface area contributed by atoms with Gasteiger partial charge in [-0.3, -0.25) is 14.9 Å². The zero-order valence-electron chi connectivity index (χ0n) is 18.0. The van der Waals surface area contributed by atoms with Crippen molar-refractivity contribution in [3.05, 3.63) is 99.6 Å². The number of H-pyrrole nitrogens is 1. The number of aromatic amines is 1. The molecule has 34 heavy (non-hydrogen) atoms. The second kappa shape index (κ2) is 8.81. The fourth-order valence-electron chi connectivity index (χ4n) is 3.97. The van der Waals surface area contributed by atoms with Crippen LogP contribution in [0.5, 0.6) is 0 Å². The predicted molar refractivity (Wildman–Crippen MR) is 128 cm³/mol. The van der Waals surface area contributed by atoms with E-state index in [1.54, 1.807) is 24.7 Å². The van der Waals surface area contributed by atoms with Crippen LogP contribution < -0.4 is 5.56 Å². The second-order valence-corrected chi connectivity index (χ2v) is 8.32. The summed E-state index contributed by atoms with van der Waals surface area (Å²) in [5, 5.41) is 18.0. The molecule has 0 radical (unpaired) electrons. The van der Waals surface area contributed by atoms with Crippen molar-refractivity contribution >= 4 is 22.6 Å². The quantitative estimate of drug-likeness (QED) is 0.389. The molecule has 0 aliphatic rings. The second-order valence-electron chi connectivity index (χ2n) is 7.91. The third-order valence-electron chi connectivity index (χ3n) is 5.71. The van der Waals surface area contributed by atoms with Gasteiger partial charge in [0.1, 0.15) is 11.5 Å². The van der Waals surface area contributed by atoms with Gasteiger partial charge in [-0.1, -0.05) is 17.7 Å². The molecule has 4 heterocycles. The van der Waals surface area contributed by atoms with E-state index in [-0.39, 0.29) is 17.2 Å². The average Bonchev–Trinajstić information content (AvgIpc) is 3.26. The number of aryl methyl sites for hydroxylation is 1. The predicted octanol–water partition coefficient (Wildman–Crippen LogP) is 4.53. The van der Waals surface area contributed by atoms with Crippen LogP contribution in [0.25, 0.3) is 33.4 Å². The molecule has 1 aromatic carbocycles. The van der Waals surface area contributed by atoms with Gasteiger partial charge < -0.3 is 9.67 Å². The summed E-state index contributed by atoms with van der Waals surface area (Å²) in [4.78, 5) is 21.7. The van der Waals surface area contributed by atoms with Crippen LogP contribution in [0.1, 0.15) is 17.3 Å². The highest BCUT2D eigenvalue weighted by atomic mass is 35.5. The van der Waals surface area contributed by atoms with Crippen molar-refractivity contribution in [3.8, 4) is 22.4 Å². The third-order valence-corrected chi connectivity index (χ3v) is 5.99. The van der Waals surface area contributed by atoms with Gasteiger partial charge in [0.25, 0.3) is 5.56 Å². The standard InChI is InChI=1S/C25H19ClFN5O2/c1-14-8-17(4-6-28-14)24-19-9-18(12-29-25(19)31-30-24)15-5-7-32(23(34)11-15)22(13-33)16-2-3-21(27)20(26)10-16/h2-12,22,33H,13H2,1H3,(H,29,30,31)/t22-/m1/s1. The highest BCUT2D eigenvalue weighted by Gasteiger charge is 2.17. The monoisotopic (exact) mass is 475 g/mol. The van der Waals surface area contributed by atoms with Crippen LogP contribution in [0, 0.1) is 12.7 Å². The van der Waals surface area contributed by atoms with E-state index in [4.69, 9.17) is 11.6 Å². The van der Waals surface area contributed by atoms with Crippen molar-refractivity contribution < 1.29 is 9.50 Å². The molecule has 5 rings (SSSR count). The van der Waals surface area contributed by atoms with Gasteiger partial charge in [-0.2, -0.15) is 5.10 Å². The Morgan fingerprint density at radius 2 is 1.94 bits per heavy atom. The Balaban J connectivity index is 1.54. The SMILES string of the molecule is Cc1cc(-c2n[nH]c3ncc(-c4ccn([C@H](CO)c5ccc(F)c(Cl)c5)c(=O)c4)cc23)ccn1. The molecule has 0 saturated carbocycles. The molecule has 0 fully saturated rings. The number of pyridine rings is 3. The summed E-state index contributed by atoms with van der Waals surface area (Å²) in [5.74, 6) is -0.562. The Morgan fingerprint density at radius 1 is 1.09 bits per heavy atom. The molecule has 2 N–H and O–H groups in total. The first kappa shape index (κ1) is 21.9. The number of fused-ring (bicyclic) bond motifs is 1. The lowest BCUT2D eigenvalue weighted by molar-refractivity contribution is 0.247. The molecule has 0 aliphatic carbocycles. The maximum absolute atomic E-state index is 13.6. The number of aromatic nitrogens is 5. The lowest BCUT2D eigenvalue weighted by Gasteiger charge is -2.19. The van der Waals surface area contributed by atoms with Gasteiger partial charge in [0.05, 0.1) is 17.7 Å². The molecule has 170 valence electrons. The van der Waals surface area contributed by atoms with Crippen LogP contribution in [0.4, 0.5) is 4.39 Å². The molecule has 0 bridgehead atoms. The van der Waals surface area contributed by atoms with E-state index >= 15 is 0 Å². The number of halogens is 2. The van der Waals surface area contributed by atoms with Crippen LogP contribution in [0.2, 0.25) is 5.02 Å². The maximum Gasteiger partial charge on any atom is 0.251 e. The molecule has 5 aromatic rings. The number of benzene rings is 1. The highest BCUT2D eigenvalue weighted by Crippen LogP contribution is 2.29. The van der Waals surface area contributed by atoms with Gasteiger partial charge >= 0.3 is 0 Å². The highest BCUT2D eigenvalue weighted by molar-refractivity contribution is 6.30. The van der Waals surface area contributed by atoms with Crippen molar-refractivity contribution in [2.75, 3.05) is 6.61 Å². The number of hydrogen-bond acceptors (Lipinski definition) is 5. The first-order valence-corrected chi connectivity index (χ1v) is 10.9. The summed E-state index contributed by atoms with van der Waals surface area (Å²) in [6, 6.07) is 12.4. The van der Waals surface area contributed by atoms with Crippen LogP contribution >= 0.6 is 11.6 Å². The van der Waals surface area contributed by atoms with Crippen LogP contribution in [0.3, 0.4) is 0 Å². The van der Waals surface area contributed by atoms with E-state index in [9.17, 15) is 14.3 Å². The maximum atomic E-state index is 13.6. The van der Waals surface area contributed by atoms with Gasteiger partial charge in [0, 0.05) is 46.9 Å². The lowest BCUT2D eigenvalue weighted by atomic mass is 10.0. The van der Waals surface area contributed by atoms with Crippen molar-refractivity contribution in [1.82, 2.24) is 24.7 Å². The number of hydrogen-bond donors (Lipinski definition) is 2. The number of aliphatic hydroxyl groups is 1. The Kier molecular flexibility index (Phi) is 5.69. The Hall–Kier alpha value is -3.88. The number of aliphatic hydroxyl groups excluding tert-OH is 1. The van der Waals surface area contributed by atoms with E-state index < -0.39 is 11.9 Å².